The van der Waals surface area contributed by atoms with Gasteiger partial charge in [0.25, 0.3) is 0 Å². The Hall–Kier alpha value is -1.56. The molecule has 1 heterocycles. The van der Waals surface area contributed by atoms with Gasteiger partial charge in [0.2, 0.25) is 11.8 Å². The van der Waals surface area contributed by atoms with Crippen LogP contribution in [0.4, 0.5) is 4.39 Å². The number of hydrogen-bond donors (Lipinski definition) is 1. The molecule has 6 heteroatoms. The maximum Gasteiger partial charge on any atom is 0.224 e. The number of benzene rings is 1. The molecule has 2 rings (SSSR count). The Bertz CT molecular complexity index is 539. The van der Waals surface area contributed by atoms with Gasteiger partial charge in [-0.05, 0) is 18.7 Å². The molecule has 1 aromatic carbocycles. The van der Waals surface area contributed by atoms with E-state index < -0.39 is 0 Å². The summed E-state index contributed by atoms with van der Waals surface area (Å²) in [6.45, 7) is 1.22. The first-order valence-corrected chi connectivity index (χ1v) is 8.79. The van der Waals surface area contributed by atoms with Crippen LogP contribution < -0.4 is 5.32 Å². The molecule has 2 amide bonds. The molecule has 1 aliphatic rings. The average molecular weight is 324 g/mol. The van der Waals surface area contributed by atoms with Crippen molar-refractivity contribution in [1.82, 2.24) is 10.2 Å². The van der Waals surface area contributed by atoms with E-state index in [-0.39, 0.29) is 30.1 Å². The minimum atomic E-state index is -0.318. The maximum absolute atomic E-state index is 13.7. The van der Waals surface area contributed by atoms with Crippen molar-refractivity contribution >= 4 is 23.6 Å². The highest BCUT2D eigenvalue weighted by Gasteiger charge is 2.30. The monoisotopic (exact) mass is 324 g/mol. The van der Waals surface area contributed by atoms with Crippen LogP contribution in [0.2, 0.25) is 0 Å². The molecule has 0 spiro atoms. The van der Waals surface area contributed by atoms with Crippen LogP contribution in [0.15, 0.2) is 24.3 Å². The van der Waals surface area contributed by atoms with Crippen molar-refractivity contribution in [1.29, 1.82) is 0 Å². The van der Waals surface area contributed by atoms with Crippen LogP contribution in [0.3, 0.4) is 0 Å². The number of nitrogens with zero attached hydrogens (tertiary/aromatic N) is 1. The van der Waals surface area contributed by atoms with Crippen LogP contribution in [-0.4, -0.2) is 41.8 Å². The lowest BCUT2D eigenvalue weighted by Gasteiger charge is -2.32. The summed E-state index contributed by atoms with van der Waals surface area (Å²) in [6.07, 6.45) is 2.90. The Balaban J connectivity index is 1.95. The SMILES string of the molecule is CSCCNC(=O)C1CCC(=O)N(Cc2ccccc2F)C1. The summed E-state index contributed by atoms with van der Waals surface area (Å²) in [4.78, 5) is 25.7. The minimum Gasteiger partial charge on any atom is -0.355 e. The van der Waals surface area contributed by atoms with Crippen molar-refractivity contribution in [3.8, 4) is 0 Å². The number of thioether (sulfide) groups is 1. The summed E-state index contributed by atoms with van der Waals surface area (Å²) in [7, 11) is 0. The van der Waals surface area contributed by atoms with Gasteiger partial charge in [-0.2, -0.15) is 11.8 Å². The zero-order valence-electron chi connectivity index (χ0n) is 12.7. The van der Waals surface area contributed by atoms with Gasteiger partial charge >= 0.3 is 0 Å². The van der Waals surface area contributed by atoms with Crippen LogP contribution in [0.25, 0.3) is 0 Å². The van der Waals surface area contributed by atoms with E-state index in [9.17, 15) is 14.0 Å². The van der Waals surface area contributed by atoms with Crippen LogP contribution in [0, 0.1) is 11.7 Å². The summed E-state index contributed by atoms with van der Waals surface area (Å²) in [5, 5.41) is 2.89. The number of carbonyl (C=O) groups is 2. The number of rotatable bonds is 6. The summed E-state index contributed by atoms with van der Waals surface area (Å²) in [5.41, 5.74) is 0.485. The molecule has 1 aromatic rings. The predicted molar refractivity (Wildman–Crippen MR) is 85.9 cm³/mol. The lowest BCUT2D eigenvalue weighted by atomic mass is 9.96. The van der Waals surface area contributed by atoms with Crippen LogP contribution in [0.5, 0.6) is 0 Å². The van der Waals surface area contributed by atoms with Gasteiger partial charge in [-0.25, -0.2) is 4.39 Å². The normalized spacial score (nSPS) is 18.4. The third-order valence-electron chi connectivity index (χ3n) is 3.80. The van der Waals surface area contributed by atoms with E-state index in [1.54, 1.807) is 34.9 Å². The Morgan fingerprint density at radius 1 is 1.45 bits per heavy atom. The molecular weight excluding hydrogens is 303 g/mol. The van der Waals surface area contributed by atoms with Crippen molar-refractivity contribution in [2.24, 2.45) is 5.92 Å². The van der Waals surface area contributed by atoms with Crippen LogP contribution >= 0.6 is 11.8 Å². The number of carbonyl (C=O) groups excluding carboxylic acids is 2. The van der Waals surface area contributed by atoms with E-state index >= 15 is 0 Å². The third kappa shape index (κ3) is 4.47. The number of amides is 2. The van der Waals surface area contributed by atoms with E-state index in [4.69, 9.17) is 0 Å². The molecule has 1 saturated heterocycles. The standard InChI is InChI=1S/C16H21FN2O2S/c1-22-9-8-18-16(21)13-6-7-15(20)19(11-13)10-12-4-2-3-5-14(12)17/h2-5,13H,6-11H2,1H3,(H,18,21). The van der Waals surface area contributed by atoms with Gasteiger partial charge in [-0.1, -0.05) is 18.2 Å². The Morgan fingerprint density at radius 2 is 2.23 bits per heavy atom. The van der Waals surface area contributed by atoms with Crippen molar-refractivity contribution in [2.75, 3.05) is 25.1 Å². The molecule has 4 nitrogen and oxygen atoms in total. The van der Waals surface area contributed by atoms with Gasteiger partial charge in [0, 0.05) is 37.4 Å². The van der Waals surface area contributed by atoms with Gasteiger partial charge in [-0.3, -0.25) is 9.59 Å². The molecule has 0 saturated carbocycles. The molecule has 1 atom stereocenters. The third-order valence-corrected chi connectivity index (χ3v) is 4.41. The summed E-state index contributed by atoms with van der Waals surface area (Å²) in [5.74, 6) is 0.320. The van der Waals surface area contributed by atoms with Crippen molar-refractivity contribution in [3.63, 3.8) is 0 Å². The zero-order valence-corrected chi connectivity index (χ0v) is 13.5. The molecule has 1 fully saturated rings. The minimum absolute atomic E-state index is 0.0138. The predicted octanol–water partition coefficient (Wildman–Crippen LogP) is 2.04. The molecule has 1 aliphatic heterocycles. The average Bonchev–Trinajstić information content (AvgIpc) is 2.51. The Kier molecular flexibility index (Phi) is 6.24. The highest BCUT2D eigenvalue weighted by atomic mass is 32.2. The first-order valence-electron chi connectivity index (χ1n) is 7.39. The van der Waals surface area contributed by atoms with Crippen LogP contribution in [0.1, 0.15) is 18.4 Å². The van der Waals surface area contributed by atoms with Gasteiger partial charge < -0.3 is 10.2 Å². The molecule has 1 unspecified atom stereocenters. The summed E-state index contributed by atoms with van der Waals surface area (Å²) < 4.78 is 13.7. The molecule has 0 aromatic heterocycles. The number of likely N-dealkylation sites (tertiary alicyclic amines) is 1. The van der Waals surface area contributed by atoms with E-state index in [0.29, 0.717) is 31.5 Å². The summed E-state index contributed by atoms with van der Waals surface area (Å²) in [6, 6.07) is 6.43. The van der Waals surface area contributed by atoms with E-state index in [2.05, 4.69) is 5.32 Å². The zero-order chi connectivity index (χ0) is 15.9. The second-order valence-electron chi connectivity index (χ2n) is 5.39. The topological polar surface area (TPSA) is 49.4 Å². The van der Waals surface area contributed by atoms with Gasteiger partial charge in [0.15, 0.2) is 0 Å². The Morgan fingerprint density at radius 3 is 2.95 bits per heavy atom. The maximum atomic E-state index is 13.7. The fourth-order valence-electron chi connectivity index (χ4n) is 2.53. The molecule has 1 N–H and O–H groups in total. The largest absolute Gasteiger partial charge is 0.355 e. The lowest BCUT2D eigenvalue weighted by molar-refractivity contribution is -0.138. The fraction of sp³-hybridized carbons (Fsp3) is 0.500. The van der Waals surface area contributed by atoms with E-state index in [0.717, 1.165) is 5.75 Å². The number of halogens is 1. The highest BCUT2D eigenvalue weighted by Crippen LogP contribution is 2.21. The van der Waals surface area contributed by atoms with E-state index in [1.165, 1.54) is 6.07 Å². The number of hydrogen-bond acceptors (Lipinski definition) is 3. The Labute approximate surface area is 134 Å². The number of piperidine rings is 1. The van der Waals surface area contributed by atoms with Gasteiger partial charge in [-0.15, -0.1) is 0 Å². The number of nitrogens with one attached hydrogen (secondary N) is 1. The van der Waals surface area contributed by atoms with E-state index in [1.807, 2.05) is 6.26 Å². The smallest absolute Gasteiger partial charge is 0.224 e. The second kappa shape index (κ2) is 8.17. The van der Waals surface area contributed by atoms with Crippen LogP contribution in [-0.2, 0) is 16.1 Å². The molecule has 0 radical (unpaired) electrons. The highest BCUT2D eigenvalue weighted by molar-refractivity contribution is 7.98. The molecule has 0 bridgehead atoms. The first-order chi connectivity index (χ1) is 10.6. The first kappa shape index (κ1) is 16.8. The molecule has 120 valence electrons. The van der Waals surface area contributed by atoms with Crippen molar-refractivity contribution in [2.45, 2.75) is 19.4 Å². The quantitative estimate of drug-likeness (QED) is 0.815. The summed E-state index contributed by atoms with van der Waals surface area (Å²) >= 11 is 1.67. The molecular formula is C16H21FN2O2S. The molecule has 0 aliphatic carbocycles. The van der Waals surface area contributed by atoms with Crippen molar-refractivity contribution < 1.29 is 14.0 Å². The lowest BCUT2D eigenvalue weighted by Crippen LogP contribution is -2.45. The van der Waals surface area contributed by atoms with Gasteiger partial charge in [0.05, 0.1) is 5.92 Å². The fourth-order valence-corrected chi connectivity index (χ4v) is 2.84. The van der Waals surface area contributed by atoms with Crippen molar-refractivity contribution in [3.05, 3.63) is 35.6 Å². The van der Waals surface area contributed by atoms with Gasteiger partial charge in [0.1, 0.15) is 5.82 Å². The molecule has 22 heavy (non-hydrogen) atoms. The second-order valence-corrected chi connectivity index (χ2v) is 6.37.